The number of halogens is 1. The predicted octanol–water partition coefficient (Wildman–Crippen LogP) is 3.64. The van der Waals surface area contributed by atoms with E-state index in [4.69, 9.17) is 5.73 Å². The minimum atomic E-state index is -0.229. The summed E-state index contributed by atoms with van der Waals surface area (Å²) in [6.45, 7) is 6.14. The van der Waals surface area contributed by atoms with E-state index in [1.165, 1.54) is 6.07 Å². The van der Waals surface area contributed by atoms with Crippen molar-refractivity contribution in [1.82, 2.24) is 9.55 Å². The maximum absolute atomic E-state index is 13.7. The molecule has 1 saturated carbocycles. The van der Waals surface area contributed by atoms with Crippen LogP contribution in [0, 0.1) is 12.7 Å². The number of hydrogen-bond acceptors (Lipinski definition) is 2. The van der Waals surface area contributed by atoms with Crippen molar-refractivity contribution in [2.24, 2.45) is 0 Å². The highest BCUT2D eigenvalue weighted by atomic mass is 19.1. The molecule has 1 aliphatic carbocycles. The Labute approximate surface area is 117 Å². The Morgan fingerprint density at radius 3 is 2.85 bits per heavy atom. The molecule has 20 heavy (non-hydrogen) atoms. The first kappa shape index (κ1) is 12.9. The fourth-order valence-corrected chi connectivity index (χ4v) is 2.41. The van der Waals surface area contributed by atoms with Crippen LogP contribution in [0.15, 0.2) is 30.9 Å². The summed E-state index contributed by atoms with van der Waals surface area (Å²) in [6.07, 6.45) is 4.11. The monoisotopic (exact) mass is 271 g/mol. The van der Waals surface area contributed by atoms with Crippen LogP contribution < -0.4 is 5.73 Å². The molecule has 0 unspecified atom stereocenters. The number of aryl methyl sites for hydroxylation is 1. The van der Waals surface area contributed by atoms with Gasteiger partial charge >= 0.3 is 0 Å². The van der Waals surface area contributed by atoms with Crippen LogP contribution in [0.5, 0.6) is 0 Å². The van der Waals surface area contributed by atoms with Crippen LogP contribution >= 0.6 is 0 Å². The molecule has 3 rings (SSSR count). The molecule has 1 aromatic carbocycles. The number of benzene rings is 1. The van der Waals surface area contributed by atoms with Crippen LogP contribution in [0.4, 0.5) is 10.2 Å². The van der Waals surface area contributed by atoms with E-state index in [-0.39, 0.29) is 5.82 Å². The van der Waals surface area contributed by atoms with E-state index in [0.29, 0.717) is 29.5 Å². The Morgan fingerprint density at radius 1 is 1.50 bits per heavy atom. The average Bonchev–Trinajstić information content (AvgIpc) is 3.21. The topological polar surface area (TPSA) is 43.8 Å². The molecule has 0 bridgehead atoms. The van der Waals surface area contributed by atoms with Gasteiger partial charge in [0.25, 0.3) is 0 Å². The molecule has 104 valence electrons. The zero-order valence-electron chi connectivity index (χ0n) is 11.6. The second-order valence-electron chi connectivity index (χ2n) is 5.34. The second-order valence-corrected chi connectivity index (χ2v) is 5.34. The fourth-order valence-electron chi connectivity index (χ4n) is 2.41. The van der Waals surface area contributed by atoms with Crippen LogP contribution in [-0.4, -0.2) is 9.55 Å². The van der Waals surface area contributed by atoms with Gasteiger partial charge in [-0.15, -0.1) is 6.58 Å². The molecule has 0 aliphatic heterocycles. The van der Waals surface area contributed by atoms with E-state index in [2.05, 4.69) is 11.6 Å². The zero-order chi connectivity index (χ0) is 14.3. The van der Waals surface area contributed by atoms with Crippen molar-refractivity contribution < 1.29 is 4.39 Å². The minimum absolute atomic E-state index is 0.229. The van der Waals surface area contributed by atoms with Crippen molar-refractivity contribution in [3.05, 3.63) is 48.1 Å². The highest BCUT2D eigenvalue weighted by molar-refractivity contribution is 5.71. The number of aromatic nitrogens is 2. The van der Waals surface area contributed by atoms with Gasteiger partial charge in [0.05, 0.1) is 0 Å². The third-order valence-corrected chi connectivity index (χ3v) is 3.74. The van der Waals surface area contributed by atoms with Gasteiger partial charge in [-0.05, 0) is 31.4 Å². The van der Waals surface area contributed by atoms with E-state index in [1.807, 2.05) is 16.7 Å². The molecule has 4 heteroatoms. The van der Waals surface area contributed by atoms with Crippen LogP contribution in [0.3, 0.4) is 0 Å². The standard InChI is InChI=1S/C16H18FN3/c1-3-8-20-15(18)14(19-16(20)11-6-7-11)12-5-4-10(2)13(17)9-12/h3-5,9,11H,1,6-8,18H2,2H3. The molecule has 0 amide bonds. The average molecular weight is 271 g/mol. The van der Waals surface area contributed by atoms with Crippen molar-refractivity contribution in [2.45, 2.75) is 32.2 Å². The molecule has 1 aromatic heterocycles. The summed E-state index contributed by atoms with van der Waals surface area (Å²) in [5, 5.41) is 0. The smallest absolute Gasteiger partial charge is 0.132 e. The van der Waals surface area contributed by atoms with Crippen LogP contribution in [0.1, 0.15) is 30.1 Å². The maximum atomic E-state index is 13.7. The number of imidazole rings is 1. The zero-order valence-corrected chi connectivity index (χ0v) is 11.6. The van der Waals surface area contributed by atoms with Crippen LogP contribution in [0.2, 0.25) is 0 Å². The first-order valence-corrected chi connectivity index (χ1v) is 6.85. The number of nitrogens with zero attached hydrogens (tertiary/aromatic N) is 2. The number of hydrogen-bond donors (Lipinski definition) is 1. The largest absolute Gasteiger partial charge is 0.383 e. The molecular weight excluding hydrogens is 253 g/mol. The fraction of sp³-hybridized carbons (Fsp3) is 0.312. The Balaban J connectivity index is 2.10. The second kappa shape index (κ2) is 4.78. The maximum Gasteiger partial charge on any atom is 0.132 e. The molecule has 2 aromatic rings. The Bertz CT molecular complexity index is 669. The van der Waals surface area contributed by atoms with E-state index >= 15 is 0 Å². The minimum Gasteiger partial charge on any atom is -0.383 e. The van der Waals surface area contributed by atoms with E-state index in [1.54, 1.807) is 13.0 Å². The third-order valence-electron chi connectivity index (χ3n) is 3.74. The highest BCUT2D eigenvalue weighted by Gasteiger charge is 2.30. The van der Waals surface area contributed by atoms with Gasteiger partial charge in [0, 0.05) is 18.0 Å². The summed E-state index contributed by atoms with van der Waals surface area (Å²) in [4.78, 5) is 4.65. The molecule has 1 heterocycles. The van der Waals surface area contributed by atoms with Crippen molar-refractivity contribution in [2.75, 3.05) is 5.73 Å². The molecule has 0 saturated heterocycles. The van der Waals surface area contributed by atoms with Gasteiger partial charge < -0.3 is 10.3 Å². The van der Waals surface area contributed by atoms with Gasteiger partial charge in [0.1, 0.15) is 23.2 Å². The lowest BCUT2D eigenvalue weighted by molar-refractivity contribution is 0.619. The summed E-state index contributed by atoms with van der Waals surface area (Å²) < 4.78 is 15.7. The van der Waals surface area contributed by atoms with Gasteiger partial charge in [-0.3, -0.25) is 0 Å². The van der Waals surface area contributed by atoms with Crippen LogP contribution in [-0.2, 0) is 6.54 Å². The molecule has 2 N–H and O–H groups in total. The van der Waals surface area contributed by atoms with Gasteiger partial charge in [-0.1, -0.05) is 18.2 Å². The number of allylic oxidation sites excluding steroid dienone is 1. The van der Waals surface area contributed by atoms with E-state index in [9.17, 15) is 4.39 Å². The number of nitrogen functional groups attached to an aromatic ring is 1. The predicted molar refractivity (Wildman–Crippen MR) is 78.9 cm³/mol. The number of rotatable bonds is 4. The molecule has 0 atom stereocenters. The Morgan fingerprint density at radius 2 is 2.25 bits per heavy atom. The Hall–Kier alpha value is -2.10. The quantitative estimate of drug-likeness (QED) is 0.863. The molecule has 1 fully saturated rings. The first-order chi connectivity index (χ1) is 9.61. The van der Waals surface area contributed by atoms with Gasteiger partial charge in [-0.25, -0.2) is 9.37 Å². The summed E-state index contributed by atoms with van der Waals surface area (Å²) in [7, 11) is 0. The third kappa shape index (κ3) is 2.11. The van der Waals surface area contributed by atoms with Crippen molar-refractivity contribution >= 4 is 5.82 Å². The van der Waals surface area contributed by atoms with Crippen molar-refractivity contribution in [3.8, 4) is 11.3 Å². The van der Waals surface area contributed by atoms with Gasteiger partial charge in [0.2, 0.25) is 0 Å². The lowest BCUT2D eigenvalue weighted by atomic mass is 10.1. The first-order valence-electron chi connectivity index (χ1n) is 6.85. The summed E-state index contributed by atoms with van der Waals surface area (Å²) in [6, 6.07) is 5.13. The summed E-state index contributed by atoms with van der Waals surface area (Å²) in [5.74, 6) is 1.85. The molecule has 3 nitrogen and oxygen atoms in total. The molecule has 0 radical (unpaired) electrons. The SMILES string of the molecule is C=CCn1c(C2CC2)nc(-c2ccc(C)c(F)c2)c1N. The number of nitrogens with two attached hydrogens (primary N) is 1. The van der Waals surface area contributed by atoms with Crippen molar-refractivity contribution in [3.63, 3.8) is 0 Å². The highest BCUT2D eigenvalue weighted by Crippen LogP contribution is 2.42. The van der Waals surface area contributed by atoms with Crippen molar-refractivity contribution in [1.29, 1.82) is 0 Å². The van der Waals surface area contributed by atoms with Gasteiger partial charge in [0.15, 0.2) is 0 Å². The lowest BCUT2D eigenvalue weighted by Gasteiger charge is -2.06. The lowest BCUT2D eigenvalue weighted by Crippen LogP contribution is -2.05. The molecule has 1 aliphatic rings. The molecular formula is C16H18FN3. The molecule has 0 spiro atoms. The number of anilines is 1. The van der Waals surface area contributed by atoms with E-state index < -0.39 is 0 Å². The van der Waals surface area contributed by atoms with Gasteiger partial charge in [-0.2, -0.15) is 0 Å². The normalized spacial score (nSPS) is 14.5. The van der Waals surface area contributed by atoms with E-state index in [0.717, 1.165) is 24.2 Å². The summed E-state index contributed by atoms with van der Waals surface area (Å²) in [5.41, 5.74) is 8.24. The van der Waals surface area contributed by atoms with Crippen LogP contribution in [0.25, 0.3) is 11.3 Å². The Kier molecular flexibility index (Phi) is 3.08. The summed E-state index contributed by atoms with van der Waals surface area (Å²) >= 11 is 0.